The standard InChI is InChI=1S/C15H16N2O3/c1-2-11-6-3-4-7-12(11)17-14(18)10-20-13-8-5-9-16-15(13)19/h3-9H,2,10H2,1H3,(H,16,19)(H,17,18). The second kappa shape index (κ2) is 6.56. The highest BCUT2D eigenvalue weighted by molar-refractivity contribution is 5.92. The number of rotatable bonds is 5. The van der Waals surface area contributed by atoms with Crippen molar-refractivity contribution in [2.75, 3.05) is 11.9 Å². The van der Waals surface area contributed by atoms with Crippen LogP contribution in [0.2, 0.25) is 0 Å². The smallest absolute Gasteiger partial charge is 0.290 e. The molecule has 2 N–H and O–H groups in total. The molecule has 0 radical (unpaired) electrons. The molecule has 1 heterocycles. The molecule has 0 aliphatic heterocycles. The number of pyridine rings is 1. The Kier molecular flexibility index (Phi) is 4.55. The van der Waals surface area contributed by atoms with Gasteiger partial charge < -0.3 is 15.0 Å². The summed E-state index contributed by atoms with van der Waals surface area (Å²) >= 11 is 0. The normalized spacial score (nSPS) is 10.1. The van der Waals surface area contributed by atoms with Crippen LogP contribution in [0, 0.1) is 0 Å². The molecule has 0 bridgehead atoms. The fourth-order valence-electron chi connectivity index (χ4n) is 1.80. The van der Waals surface area contributed by atoms with E-state index < -0.39 is 0 Å². The second-order valence-electron chi connectivity index (χ2n) is 4.21. The zero-order chi connectivity index (χ0) is 14.4. The first kappa shape index (κ1) is 13.9. The number of carbonyl (C=O) groups is 1. The molecule has 0 saturated carbocycles. The Balaban J connectivity index is 1.96. The van der Waals surface area contributed by atoms with E-state index in [1.807, 2.05) is 31.2 Å². The lowest BCUT2D eigenvalue weighted by Gasteiger charge is -2.10. The number of aryl methyl sites for hydroxylation is 1. The van der Waals surface area contributed by atoms with Crippen LogP contribution in [0.5, 0.6) is 5.75 Å². The lowest BCUT2D eigenvalue weighted by atomic mass is 10.1. The Morgan fingerprint density at radius 3 is 2.80 bits per heavy atom. The van der Waals surface area contributed by atoms with Gasteiger partial charge in [-0.2, -0.15) is 0 Å². The van der Waals surface area contributed by atoms with Crippen molar-refractivity contribution in [3.8, 4) is 5.75 Å². The number of para-hydroxylation sites is 1. The van der Waals surface area contributed by atoms with E-state index in [2.05, 4.69) is 10.3 Å². The fourth-order valence-corrected chi connectivity index (χ4v) is 1.80. The van der Waals surface area contributed by atoms with E-state index in [0.29, 0.717) is 0 Å². The number of aromatic amines is 1. The maximum atomic E-state index is 11.8. The van der Waals surface area contributed by atoms with E-state index >= 15 is 0 Å². The summed E-state index contributed by atoms with van der Waals surface area (Å²) in [5.41, 5.74) is 1.47. The largest absolute Gasteiger partial charge is 0.478 e. The maximum Gasteiger partial charge on any atom is 0.290 e. The summed E-state index contributed by atoms with van der Waals surface area (Å²) in [6.07, 6.45) is 2.34. The SMILES string of the molecule is CCc1ccccc1NC(=O)COc1ccc[nH]c1=O. The molecular weight excluding hydrogens is 256 g/mol. The highest BCUT2D eigenvalue weighted by atomic mass is 16.5. The number of carbonyl (C=O) groups excluding carboxylic acids is 1. The van der Waals surface area contributed by atoms with Gasteiger partial charge in [0.25, 0.3) is 11.5 Å². The minimum absolute atomic E-state index is 0.131. The number of hydrogen-bond donors (Lipinski definition) is 2. The van der Waals surface area contributed by atoms with E-state index in [1.54, 1.807) is 6.07 Å². The van der Waals surface area contributed by atoms with Gasteiger partial charge in [-0.05, 0) is 30.2 Å². The summed E-state index contributed by atoms with van der Waals surface area (Å²) < 4.78 is 5.19. The van der Waals surface area contributed by atoms with Crippen molar-refractivity contribution in [3.05, 3.63) is 58.5 Å². The number of ether oxygens (including phenoxy) is 1. The first-order valence-electron chi connectivity index (χ1n) is 6.39. The first-order valence-corrected chi connectivity index (χ1v) is 6.39. The molecule has 0 aliphatic rings. The van der Waals surface area contributed by atoms with Gasteiger partial charge in [0.2, 0.25) is 0 Å². The molecule has 2 aromatic rings. The molecular formula is C15H16N2O3. The zero-order valence-corrected chi connectivity index (χ0v) is 11.2. The van der Waals surface area contributed by atoms with Gasteiger partial charge in [-0.15, -0.1) is 0 Å². The van der Waals surface area contributed by atoms with Gasteiger partial charge in [-0.25, -0.2) is 0 Å². The third-order valence-corrected chi connectivity index (χ3v) is 2.81. The number of benzene rings is 1. The Morgan fingerprint density at radius 1 is 1.25 bits per heavy atom. The molecule has 104 valence electrons. The van der Waals surface area contributed by atoms with E-state index in [-0.39, 0.29) is 23.8 Å². The molecule has 1 amide bonds. The quantitative estimate of drug-likeness (QED) is 0.874. The summed E-state index contributed by atoms with van der Waals surface area (Å²) in [6, 6.07) is 10.7. The third-order valence-electron chi connectivity index (χ3n) is 2.81. The molecule has 1 aromatic heterocycles. The van der Waals surface area contributed by atoms with Crippen molar-refractivity contribution in [1.29, 1.82) is 0 Å². The van der Waals surface area contributed by atoms with E-state index in [9.17, 15) is 9.59 Å². The number of H-pyrrole nitrogens is 1. The van der Waals surface area contributed by atoms with E-state index in [0.717, 1.165) is 17.7 Å². The Morgan fingerprint density at radius 2 is 2.05 bits per heavy atom. The van der Waals surface area contributed by atoms with Gasteiger partial charge in [0, 0.05) is 11.9 Å². The molecule has 0 atom stereocenters. The van der Waals surface area contributed by atoms with Crippen molar-refractivity contribution in [2.24, 2.45) is 0 Å². The van der Waals surface area contributed by atoms with Crippen LogP contribution >= 0.6 is 0 Å². The highest BCUT2D eigenvalue weighted by Gasteiger charge is 2.07. The van der Waals surface area contributed by atoms with Crippen LogP contribution in [0.3, 0.4) is 0 Å². The third kappa shape index (κ3) is 3.47. The molecule has 0 unspecified atom stereocenters. The second-order valence-corrected chi connectivity index (χ2v) is 4.21. The average Bonchev–Trinajstić information content (AvgIpc) is 2.47. The van der Waals surface area contributed by atoms with Crippen LogP contribution < -0.4 is 15.6 Å². The van der Waals surface area contributed by atoms with Crippen LogP contribution in [-0.4, -0.2) is 17.5 Å². The number of amides is 1. The van der Waals surface area contributed by atoms with Gasteiger partial charge in [0.15, 0.2) is 12.4 Å². The molecule has 0 saturated heterocycles. The summed E-state index contributed by atoms with van der Waals surface area (Å²) in [5, 5.41) is 2.77. The Bertz CT molecular complexity index is 649. The molecule has 1 aromatic carbocycles. The average molecular weight is 272 g/mol. The summed E-state index contributed by atoms with van der Waals surface area (Å²) in [4.78, 5) is 25.7. The number of anilines is 1. The molecule has 0 fully saturated rings. The number of aromatic nitrogens is 1. The molecule has 0 spiro atoms. The van der Waals surface area contributed by atoms with Crippen LogP contribution in [0.1, 0.15) is 12.5 Å². The minimum atomic E-state index is -0.353. The van der Waals surface area contributed by atoms with Crippen LogP contribution in [0.4, 0.5) is 5.69 Å². The summed E-state index contributed by atoms with van der Waals surface area (Å²) in [7, 11) is 0. The Hall–Kier alpha value is -2.56. The van der Waals surface area contributed by atoms with Crippen molar-refractivity contribution in [1.82, 2.24) is 4.98 Å². The number of nitrogens with one attached hydrogen (secondary N) is 2. The van der Waals surface area contributed by atoms with Gasteiger partial charge in [0.1, 0.15) is 0 Å². The van der Waals surface area contributed by atoms with Crippen LogP contribution in [-0.2, 0) is 11.2 Å². The molecule has 0 aliphatic carbocycles. The van der Waals surface area contributed by atoms with Crippen molar-refractivity contribution < 1.29 is 9.53 Å². The monoisotopic (exact) mass is 272 g/mol. The summed E-state index contributed by atoms with van der Waals surface area (Å²) in [6.45, 7) is 1.82. The minimum Gasteiger partial charge on any atom is -0.478 e. The number of hydrogen-bond acceptors (Lipinski definition) is 3. The predicted molar refractivity (Wildman–Crippen MR) is 77.0 cm³/mol. The van der Waals surface area contributed by atoms with Gasteiger partial charge in [-0.3, -0.25) is 9.59 Å². The van der Waals surface area contributed by atoms with Crippen molar-refractivity contribution >= 4 is 11.6 Å². The van der Waals surface area contributed by atoms with Gasteiger partial charge in [0.05, 0.1) is 0 Å². The highest BCUT2D eigenvalue weighted by Crippen LogP contribution is 2.15. The topological polar surface area (TPSA) is 71.2 Å². The first-order chi connectivity index (χ1) is 9.70. The van der Waals surface area contributed by atoms with Gasteiger partial charge >= 0.3 is 0 Å². The predicted octanol–water partition coefficient (Wildman–Crippen LogP) is 1.95. The van der Waals surface area contributed by atoms with E-state index in [4.69, 9.17) is 4.74 Å². The summed E-state index contributed by atoms with van der Waals surface area (Å²) in [5.74, 6) is -0.166. The fraction of sp³-hybridized carbons (Fsp3) is 0.200. The Labute approximate surface area is 116 Å². The zero-order valence-electron chi connectivity index (χ0n) is 11.2. The molecule has 5 heteroatoms. The van der Waals surface area contributed by atoms with Crippen LogP contribution in [0.15, 0.2) is 47.4 Å². The van der Waals surface area contributed by atoms with Crippen molar-refractivity contribution in [3.63, 3.8) is 0 Å². The maximum absolute atomic E-state index is 11.8. The molecule has 2 rings (SSSR count). The van der Waals surface area contributed by atoms with Crippen LogP contribution in [0.25, 0.3) is 0 Å². The van der Waals surface area contributed by atoms with E-state index in [1.165, 1.54) is 12.3 Å². The van der Waals surface area contributed by atoms with Gasteiger partial charge in [-0.1, -0.05) is 25.1 Å². The van der Waals surface area contributed by atoms with Crippen molar-refractivity contribution in [2.45, 2.75) is 13.3 Å². The molecule has 20 heavy (non-hydrogen) atoms. The molecule has 5 nitrogen and oxygen atoms in total. The lowest BCUT2D eigenvalue weighted by molar-refractivity contribution is -0.118. The lowest BCUT2D eigenvalue weighted by Crippen LogP contribution is -2.23.